The molecule has 0 unspecified atom stereocenters. The molecule has 21 heavy (non-hydrogen) atoms. The average molecular weight is 288 g/mol. The number of carbonyl (C=O) groups excluding carboxylic acids is 1. The fourth-order valence-electron chi connectivity index (χ4n) is 3.43. The van der Waals surface area contributed by atoms with Gasteiger partial charge in [-0.3, -0.25) is 9.69 Å². The van der Waals surface area contributed by atoms with Crippen molar-refractivity contribution in [2.45, 2.75) is 40.0 Å². The number of hydrogen-bond acceptors (Lipinski definition) is 2. The van der Waals surface area contributed by atoms with Gasteiger partial charge < -0.3 is 5.32 Å². The number of rotatable bonds is 4. The predicted molar refractivity (Wildman–Crippen MR) is 88.5 cm³/mol. The molecule has 1 fully saturated rings. The first-order valence-corrected chi connectivity index (χ1v) is 8.06. The molecule has 0 aliphatic carbocycles. The van der Waals surface area contributed by atoms with E-state index >= 15 is 0 Å². The maximum Gasteiger partial charge on any atom is 0.238 e. The number of hydrogen-bond donors (Lipinski definition) is 1. The molecule has 1 aliphatic heterocycles. The standard InChI is InChI=1S/C18H28N2O/c1-13(2)16-7-5-6-8-17(16)19-18(21)12-20-10-14(3)9-15(4)11-20/h5-8,13-15H,9-12H2,1-4H3,(H,19,21)/t14-,15+. The van der Waals surface area contributed by atoms with Gasteiger partial charge in [-0.2, -0.15) is 0 Å². The van der Waals surface area contributed by atoms with E-state index < -0.39 is 0 Å². The summed E-state index contributed by atoms with van der Waals surface area (Å²) in [4.78, 5) is 14.6. The molecular formula is C18H28N2O. The molecule has 0 radical (unpaired) electrons. The van der Waals surface area contributed by atoms with E-state index in [4.69, 9.17) is 0 Å². The van der Waals surface area contributed by atoms with Crippen LogP contribution in [0.4, 0.5) is 5.69 Å². The number of carbonyl (C=O) groups is 1. The number of amides is 1. The Morgan fingerprint density at radius 1 is 1.24 bits per heavy atom. The van der Waals surface area contributed by atoms with Gasteiger partial charge in [-0.05, 0) is 35.8 Å². The highest BCUT2D eigenvalue weighted by molar-refractivity contribution is 5.93. The molecule has 0 spiro atoms. The summed E-state index contributed by atoms with van der Waals surface area (Å²) >= 11 is 0. The lowest BCUT2D eigenvalue weighted by Gasteiger charge is -2.34. The number of anilines is 1. The third kappa shape index (κ3) is 4.57. The lowest BCUT2D eigenvalue weighted by molar-refractivity contribution is -0.117. The molecule has 1 N–H and O–H groups in total. The van der Waals surface area contributed by atoms with Crippen LogP contribution in [0.2, 0.25) is 0 Å². The third-order valence-electron chi connectivity index (χ3n) is 4.17. The Labute approximate surface area is 128 Å². The van der Waals surface area contributed by atoms with Gasteiger partial charge in [0.15, 0.2) is 0 Å². The molecule has 116 valence electrons. The van der Waals surface area contributed by atoms with Gasteiger partial charge in [-0.1, -0.05) is 45.9 Å². The van der Waals surface area contributed by atoms with Crippen molar-refractivity contribution in [1.82, 2.24) is 4.90 Å². The lowest BCUT2D eigenvalue weighted by Crippen LogP contribution is -2.42. The van der Waals surface area contributed by atoms with Crippen LogP contribution in [0.15, 0.2) is 24.3 Å². The second-order valence-corrected chi connectivity index (χ2v) is 6.93. The summed E-state index contributed by atoms with van der Waals surface area (Å²) in [6.07, 6.45) is 1.27. The summed E-state index contributed by atoms with van der Waals surface area (Å²) in [7, 11) is 0. The van der Waals surface area contributed by atoms with Gasteiger partial charge in [-0.15, -0.1) is 0 Å². The van der Waals surface area contributed by atoms with Crippen molar-refractivity contribution in [3.63, 3.8) is 0 Å². The maximum absolute atomic E-state index is 12.3. The number of para-hydroxylation sites is 1. The van der Waals surface area contributed by atoms with Crippen molar-refractivity contribution in [1.29, 1.82) is 0 Å². The van der Waals surface area contributed by atoms with Gasteiger partial charge in [0.1, 0.15) is 0 Å². The Hall–Kier alpha value is -1.35. The Bertz CT molecular complexity index is 474. The molecule has 1 saturated heterocycles. The van der Waals surface area contributed by atoms with Crippen LogP contribution in [0.3, 0.4) is 0 Å². The second-order valence-electron chi connectivity index (χ2n) is 6.93. The quantitative estimate of drug-likeness (QED) is 0.915. The third-order valence-corrected chi connectivity index (χ3v) is 4.17. The summed E-state index contributed by atoms with van der Waals surface area (Å²) in [5.41, 5.74) is 2.15. The normalized spacial score (nSPS) is 23.3. The van der Waals surface area contributed by atoms with Crippen molar-refractivity contribution < 1.29 is 4.79 Å². The molecule has 0 aromatic heterocycles. The number of nitrogens with one attached hydrogen (secondary N) is 1. The number of piperidine rings is 1. The van der Waals surface area contributed by atoms with E-state index in [1.807, 2.05) is 18.2 Å². The SMILES string of the molecule is CC(C)c1ccccc1NC(=O)CN1C[C@H](C)C[C@H](C)C1. The highest BCUT2D eigenvalue weighted by Crippen LogP contribution is 2.24. The Kier molecular flexibility index (Phi) is 5.40. The van der Waals surface area contributed by atoms with E-state index in [1.54, 1.807) is 0 Å². The van der Waals surface area contributed by atoms with Gasteiger partial charge in [0.05, 0.1) is 6.54 Å². The lowest BCUT2D eigenvalue weighted by atomic mass is 9.92. The number of nitrogens with zero attached hydrogens (tertiary/aromatic N) is 1. The molecule has 2 rings (SSSR count). The van der Waals surface area contributed by atoms with Crippen molar-refractivity contribution in [2.24, 2.45) is 11.8 Å². The summed E-state index contributed by atoms with van der Waals surface area (Å²) < 4.78 is 0. The summed E-state index contributed by atoms with van der Waals surface area (Å²) in [5, 5.41) is 3.09. The van der Waals surface area contributed by atoms with Gasteiger partial charge in [-0.25, -0.2) is 0 Å². The van der Waals surface area contributed by atoms with Crippen LogP contribution >= 0.6 is 0 Å². The van der Waals surface area contributed by atoms with Crippen LogP contribution in [0.5, 0.6) is 0 Å². The predicted octanol–water partition coefficient (Wildman–Crippen LogP) is 3.73. The fraction of sp³-hybridized carbons (Fsp3) is 0.611. The zero-order valence-electron chi connectivity index (χ0n) is 13.7. The van der Waals surface area contributed by atoms with Crippen LogP contribution in [-0.2, 0) is 4.79 Å². The number of likely N-dealkylation sites (tertiary alicyclic amines) is 1. The minimum Gasteiger partial charge on any atom is -0.325 e. The van der Waals surface area contributed by atoms with Gasteiger partial charge >= 0.3 is 0 Å². The fourth-order valence-corrected chi connectivity index (χ4v) is 3.43. The van der Waals surface area contributed by atoms with Crippen LogP contribution in [-0.4, -0.2) is 30.4 Å². The van der Waals surface area contributed by atoms with E-state index in [-0.39, 0.29) is 5.91 Å². The molecule has 1 heterocycles. The molecule has 3 nitrogen and oxygen atoms in total. The Morgan fingerprint density at radius 3 is 2.48 bits per heavy atom. The van der Waals surface area contributed by atoms with Crippen LogP contribution in [0.1, 0.15) is 45.6 Å². The molecule has 0 saturated carbocycles. The smallest absolute Gasteiger partial charge is 0.238 e. The first-order chi connectivity index (χ1) is 9.95. The Morgan fingerprint density at radius 2 is 1.86 bits per heavy atom. The van der Waals surface area contributed by atoms with Gasteiger partial charge in [0.25, 0.3) is 0 Å². The van der Waals surface area contributed by atoms with E-state index in [0.29, 0.717) is 24.3 Å². The monoisotopic (exact) mass is 288 g/mol. The van der Waals surface area contributed by atoms with E-state index in [1.165, 1.54) is 12.0 Å². The highest BCUT2D eigenvalue weighted by Gasteiger charge is 2.23. The average Bonchev–Trinajstić information content (AvgIpc) is 2.37. The van der Waals surface area contributed by atoms with Crippen LogP contribution in [0, 0.1) is 11.8 Å². The summed E-state index contributed by atoms with van der Waals surface area (Å²) in [6.45, 7) is 11.4. The minimum absolute atomic E-state index is 0.101. The number of benzene rings is 1. The highest BCUT2D eigenvalue weighted by atomic mass is 16.2. The molecule has 1 aliphatic rings. The molecule has 1 aromatic carbocycles. The zero-order valence-corrected chi connectivity index (χ0v) is 13.7. The van der Waals surface area contributed by atoms with Crippen molar-refractivity contribution in [3.05, 3.63) is 29.8 Å². The van der Waals surface area contributed by atoms with Crippen molar-refractivity contribution in [2.75, 3.05) is 25.0 Å². The van der Waals surface area contributed by atoms with Gasteiger partial charge in [0.2, 0.25) is 5.91 Å². The molecular weight excluding hydrogens is 260 g/mol. The van der Waals surface area contributed by atoms with Crippen LogP contribution in [0.25, 0.3) is 0 Å². The summed E-state index contributed by atoms with van der Waals surface area (Å²) in [5.74, 6) is 1.88. The first kappa shape index (κ1) is 16.0. The van der Waals surface area contributed by atoms with E-state index in [0.717, 1.165) is 18.8 Å². The zero-order chi connectivity index (χ0) is 15.4. The van der Waals surface area contributed by atoms with Crippen molar-refractivity contribution >= 4 is 11.6 Å². The largest absolute Gasteiger partial charge is 0.325 e. The van der Waals surface area contributed by atoms with Gasteiger partial charge in [0, 0.05) is 18.8 Å². The molecule has 3 heteroatoms. The molecule has 0 bridgehead atoms. The topological polar surface area (TPSA) is 32.3 Å². The molecule has 1 aromatic rings. The minimum atomic E-state index is 0.101. The first-order valence-electron chi connectivity index (χ1n) is 8.06. The second kappa shape index (κ2) is 7.08. The summed E-state index contributed by atoms with van der Waals surface area (Å²) in [6, 6.07) is 8.09. The van der Waals surface area contributed by atoms with E-state index in [2.05, 4.69) is 44.0 Å². The maximum atomic E-state index is 12.3. The Balaban J connectivity index is 1.96. The van der Waals surface area contributed by atoms with Crippen LogP contribution < -0.4 is 5.32 Å². The molecule has 1 amide bonds. The molecule has 2 atom stereocenters. The van der Waals surface area contributed by atoms with E-state index in [9.17, 15) is 4.79 Å². The van der Waals surface area contributed by atoms with Crippen molar-refractivity contribution in [3.8, 4) is 0 Å².